The molecular formula is C42H105Si15. The average molecular weight is 1030 g/mol. The molecule has 15 heteroatoms. The Morgan fingerprint density at radius 3 is 0.456 bits per heavy atom. The van der Waals surface area contributed by atoms with Gasteiger partial charge in [-0.1, -0.05) is 237 Å². The van der Waals surface area contributed by atoms with Crippen molar-refractivity contribution in [3.8, 4) is 0 Å². The van der Waals surface area contributed by atoms with Gasteiger partial charge >= 0.3 is 0 Å². The summed E-state index contributed by atoms with van der Waals surface area (Å²) in [6.45, 7) is 109. The highest BCUT2D eigenvalue weighted by molar-refractivity contribution is 9.08. The Kier molecular flexibility index (Phi) is 10.3. The molecule has 6 aliphatic heterocycles. The van der Waals surface area contributed by atoms with Gasteiger partial charge in [-0.25, -0.2) is 0 Å². The van der Waals surface area contributed by atoms with E-state index in [4.69, 9.17) is 0 Å². The predicted octanol–water partition coefficient (Wildman–Crippen LogP) is 14.7. The Bertz CT molecular complexity index is 1550. The van der Waals surface area contributed by atoms with Gasteiger partial charge in [-0.15, -0.1) is 0 Å². The lowest BCUT2D eigenvalue weighted by Crippen LogP contribution is -3.73. The van der Waals surface area contributed by atoms with Crippen LogP contribution in [0.3, 0.4) is 0 Å². The standard InChI is InChI=1S/C42H105Si15/c1-36(2,3)44(22,23)51-43-52(45(24,25)37(4,5)6)54(51,47(28,29)39(10,11)12)57(50(34,35)42(19,20)21)55(51,48(30,31)40(13,14)15)53(43,46(26,27)38(7,8)9)56(52,57)49(32,33)41(16,17)18/h1-35H3. The lowest BCUT2D eigenvalue weighted by atomic mass is 10.2. The summed E-state index contributed by atoms with van der Waals surface area (Å²) in [7, 11) is -12.1. The molecule has 0 amide bonds. The first-order chi connectivity index (χ1) is 24.1. The summed E-state index contributed by atoms with van der Waals surface area (Å²) >= 11 is 0. The zero-order chi connectivity index (χ0) is 46.1. The van der Waals surface area contributed by atoms with Crippen molar-refractivity contribution in [2.24, 2.45) is 0 Å². The smallest absolute Gasteiger partial charge is 0.0374 e. The van der Waals surface area contributed by atoms with Crippen LogP contribution in [-0.4, -0.2) is 103 Å². The van der Waals surface area contributed by atoms with Crippen molar-refractivity contribution in [2.45, 2.75) is 272 Å². The second-order valence-corrected chi connectivity index (χ2v) is 238. The van der Waals surface area contributed by atoms with E-state index in [9.17, 15) is 0 Å². The molecule has 57 heavy (non-hydrogen) atoms. The summed E-state index contributed by atoms with van der Waals surface area (Å²) in [5.74, 6) is 0. The monoisotopic (exact) mass is 1030 g/mol. The van der Waals surface area contributed by atoms with Gasteiger partial charge < -0.3 is 0 Å². The first-order valence-electron chi connectivity index (χ1n) is 24.0. The largest absolute Gasteiger partial charge is 0.0715 e. The van der Waals surface area contributed by atoms with Gasteiger partial charge in [0.25, 0.3) is 0 Å². The van der Waals surface area contributed by atoms with Crippen LogP contribution in [0.15, 0.2) is 0 Å². The third kappa shape index (κ3) is 3.73. The van der Waals surface area contributed by atoms with E-state index in [1.54, 1.807) is 0 Å². The van der Waals surface area contributed by atoms with Crippen LogP contribution in [0.4, 0.5) is 0 Å². The molecule has 0 unspecified atom stereocenters. The molecule has 6 saturated heterocycles. The molecule has 0 saturated carbocycles. The maximum Gasteiger partial charge on any atom is 0.0374 e. The Morgan fingerprint density at radius 2 is 0.333 bits per heavy atom. The highest BCUT2D eigenvalue weighted by Crippen LogP contribution is 3.06. The minimum Gasteiger partial charge on any atom is -0.0715 e. The minimum absolute atomic E-state index is 0.229. The fraction of sp³-hybridized carbons (Fsp3) is 1.00. The highest BCUT2D eigenvalue weighted by atomic mass is 31.4. The molecular weight excluding hydrogens is 926 g/mol. The molecule has 6 heterocycles. The maximum atomic E-state index is 3.36. The first kappa shape index (κ1) is 51.2. The maximum absolute atomic E-state index is 3.36. The van der Waals surface area contributed by atoms with Crippen molar-refractivity contribution in [3.05, 3.63) is 0 Å². The summed E-state index contributed by atoms with van der Waals surface area (Å²) < 4.78 is 0. The third-order valence-electron chi connectivity index (χ3n) is 25.9. The molecule has 0 spiro atoms. The second kappa shape index (κ2) is 11.5. The summed E-state index contributed by atoms with van der Waals surface area (Å²) in [5, 5.41) is 3.95. The molecule has 0 nitrogen and oxygen atoms in total. The van der Waals surface area contributed by atoms with Crippen LogP contribution in [0.2, 0.25) is 127 Å². The zero-order valence-electron chi connectivity index (χ0n) is 46.0. The molecule has 0 aromatic rings. The van der Waals surface area contributed by atoms with E-state index in [1.807, 2.05) is 0 Å². The molecule has 0 N–H and O–H groups in total. The topological polar surface area (TPSA) is 0 Å². The fourth-order valence-electron chi connectivity index (χ4n) is 19.1. The van der Waals surface area contributed by atoms with Crippen molar-refractivity contribution in [2.75, 3.05) is 0 Å². The molecule has 0 atom stereocenters. The van der Waals surface area contributed by atoms with Crippen LogP contribution in [0.1, 0.15) is 145 Å². The molecule has 0 aromatic heterocycles. The highest BCUT2D eigenvalue weighted by Gasteiger charge is 3.40. The fourth-order valence-corrected chi connectivity index (χ4v) is 2220. The van der Waals surface area contributed by atoms with E-state index in [0.717, 1.165) is 0 Å². The number of hydrogen-bond donors (Lipinski definition) is 0. The first-order valence-corrected chi connectivity index (χ1v) is 79.5. The Balaban J connectivity index is 2.44. The van der Waals surface area contributed by atoms with E-state index in [-0.39, 0.29) is 7.35 Å². The summed E-state index contributed by atoms with van der Waals surface area (Å²) in [6.07, 6.45) is -11.2. The zero-order valence-corrected chi connectivity index (χ0v) is 61.0. The van der Waals surface area contributed by atoms with Gasteiger partial charge in [0, 0.05) is 103 Å². The van der Waals surface area contributed by atoms with E-state index in [2.05, 4.69) is 237 Å². The average Bonchev–Trinajstić information content (AvgIpc) is 2.90. The van der Waals surface area contributed by atoms with E-state index >= 15 is 0 Å². The van der Waals surface area contributed by atoms with Gasteiger partial charge in [-0.3, -0.25) is 0 Å². The number of rotatable bonds is 7. The second-order valence-electron chi connectivity index (χ2n) is 32.8. The SMILES string of the molecule is CC(C)(C)[Si](C)(C)[Si]12[Si]3[Si]4([Si](C)(C)C(C)(C)C)[Si]1([Si](C)(C)C(C)(C)C)[Si]1([Si](C)(C)C(C)(C)C)[Si]2([Si](C)(C)C(C)(C)C)[Si]3([Si](C)(C)C(C)(C)C)[Si]41[Si](C)(C)C(C)(C)C. The van der Waals surface area contributed by atoms with E-state index in [0.29, 0.717) is 35.3 Å². The molecule has 6 rings (SSSR count). The normalized spacial score (nSPS) is 38.2. The predicted molar refractivity (Wildman–Crippen MR) is 306 cm³/mol. The van der Waals surface area contributed by atoms with Gasteiger partial charge in [-0.05, 0) is 35.3 Å². The van der Waals surface area contributed by atoms with E-state index in [1.165, 1.54) is 0 Å². The van der Waals surface area contributed by atoms with Crippen LogP contribution in [0.5, 0.6) is 0 Å². The van der Waals surface area contributed by atoms with Gasteiger partial charge in [0.05, 0.1) is 0 Å². The van der Waals surface area contributed by atoms with E-state index < -0.39 is 96.1 Å². The Hall–Kier alpha value is 3.25. The van der Waals surface area contributed by atoms with Crippen LogP contribution in [-0.2, 0) is 0 Å². The van der Waals surface area contributed by atoms with Crippen molar-refractivity contribution >= 4 is 103 Å². The Morgan fingerprint density at radius 1 is 0.211 bits per heavy atom. The lowest BCUT2D eigenvalue weighted by Gasteiger charge is -3.36. The molecule has 1 radical (unpaired) electrons. The lowest BCUT2D eigenvalue weighted by molar-refractivity contribution is 0.726. The summed E-state index contributed by atoms with van der Waals surface area (Å²) in [6, 6.07) is 0. The van der Waals surface area contributed by atoms with Crippen LogP contribution in [0.25, 0.3) is 0 Å². The molecule has 0 aliphatic carbocycles. The summed E-state index contributed by atoms with van der Waals surface area (Å²) in [5.41, 5.74) is 0. The molecule has 6 aliphatic rings. The number of hydrogen-bond acceptors (Lipinski definition) is 0. The molecule has 333 valence electrons. The van der Waals surface area contributed by atoms with Crippen molar-refractivity contribution < 1.29 is 0 Å². The van der Waals surface area contributed by atoms with Gasteiger partial charge in [0.15, 0.2) is 0 Å². The van der Waals surface area contributed by atoms with Crippen LogP contribution >= 0.6 is 0 Å². The van der Waals surface area contributed by atoms with Crippen molar-refractivity contribution in [3.63, 3.8) is 0 Å². The summed E-state index contributed by atoms with van der Waals surface area (Å²) in [4.78, 5) is 0. The van der Waals surface area contributed by atoms with Gasteiger partial charge in [0.1, 0.15) is 0 Å². The molecule has 0 aromatic carbocycles. The third-order valence-corrected chi connectivity index (χ3v) is 734. The quantitative estimate of drug-likeness (QED) is 0.223. The van der Waals surface area contributed by atoms with Crippen LogP contribution < -0.4 is 0 Å². The van der Waals surface area contributed by atoms with Gasteiger partial charge in [0.2, 0.25) is 0 Å². The van der Waals surface area contributed by atoms with Crippen molar-refractivity contribution in [1.29, 1.82) is 0 Å². The molecule has 6 fully saturated rings. The van der Waals surface area contributed by atoms with Crippen molar-refractivity contribution in [1.82, 2.24) is 0 Å². The Labute approximate surface area is 372 Å². The van der Waals surface area contributed by atoms with Crippen LogP contribution in [0, 0.1) is 0 Å². The molecule has 0 bridgehead atoms. The minimum atomic E-state index is -1.75. The van der Waals surface area contributed by atoms with Gasteiger partial charge in [-0.2, -0.15) is 0 Å².